The molecule has 0 bridgehead atoms. The third-order valence-electron chi connectivity index (χ3n) is 3.80. The number of ether oxygens (including phenoxy) is 1. The van der Waals surface area contributed by atoms with Crippen LogP contribution in [0.3, 0.4) is 0 Å². The molecule has 0 aliphatic rings. The molecule has 1 atom stereocenters. The predicted molar refractivity (Wildman–Crippen MR) is 94.6 cm³/mol. The number of H-pyrrole nitrogens is 1. The molecule has 0 amide bonds. The summed E-state index contributed by atoms with van der Waals surface area (Å²) in [4.78, 5) is 18.1. The van der Waals surface area contributed by atoms with E-state index in [4.69, 9.17) is 15.1 Å². The van der Waals surface area contributed by atoms with Crippen molar-refractivity contribution in [3.63, 3.8) is 0 Å². The van der Waals surface area contributed by atoms with Crippen LogP contribution in [0, 0.1) is 11.5 Å². The van der Waals surface area contributed by atoms with Crippen molar-refractivity contribution >= 4 is 22.8 Å². The van der Waals surface area contributed by atoms with Gasteiger partial charge < -0.3 is 20.1 Å². The van der Waals surface area contributed by atoms with E-state index in [1.807, 2.05) is 18.2 Å². The van der Waals surface area contributed by atoms with Crippen molar-refractivity contribution in [2.45, 2.75) is 19.3 Å². The van der Waals surface area contributed by atoms with Crippen LogP contribution >= 0.6 is 0 Å². The lowest BCUT2D eigenvalue weighted by Crippen LogP contribution is -2.35. The predicted octanol–water partition coefficient (Wildman–Crippen LogP) is 1.77. The van der Waals surface area contributed by atoms with E-state index in [0.717, 1.165) is 22.9 Å². The topological polar surface area (TPSA) is 123 Å². The van der Waals surface area contributed by atoms with E-state index in [1.54, 1.807) is 26.4 Å². The van der Waals surface area contributed by atoms with E-state index in [2.05, 4.69) is 20.6 Å². The van der Waals surface area contributed by atoms with Gasteiger partial charge in [-0.1, -0.05) is 0 Å². The average Bonchev–Trinajstić information content (AvgIpc) is 3.02. The number of carboxylic acids is 1. The number of rotatable bonds is 7. The van der Waals surface area contributed by atoms with Crippen molar-refractivity contribution in [3.8, 4) is 11.9 Å². The summed E-state index contributed by atoms with van der Waals surface area (Å²) in [5.74, 6) is -0.281. The zero-order valence-electron chi connectivity index (χ0n) is 14.2. The normalized spacial score (nSPS) is 12.4. The summed E-state index contributed by atoms with van der Waals surface area (Å²) in [7, 11) is 1.59. The first-order chi connectivity index (χ1) is 12.1. The number of carbonyl (C=O) groups is 1. The fourth-order valence-corrected chi connectivity index (χ4v) is 2.41. The fourth-order valence-electron chi connectivity index (χ4n) is 2.41. The largest absolute Gasteiger partial charge is 0.493 e. The Bertz CT molecular complexity index is 806. The Morgan fingerprint density at radius 2 is 2.32 bits per heavy atom. The quantitative estimate of drug-likeness (QED) is 0.200. The first-order valence-electron chi connectivity index (χ1n) is 7.89. The smallest absolute Gasteiger partial charge is 0.310 e. The van der Waals surface area contributed by atoms with Crippen LogP contribution < -0.4 is 15.4 Å². The number of nitrogens with zero attached hydrogens (tertiary/aromatic N) is 2. The standard InChI is InChI=1S/C17H21N5O3/c1-11(16(23)24)14-9-21-15-8-12(4-5-13(14)15)25-7-3-6-20-17(19-2)22-10-18/h4-5,8-9,11,21H,3,6-7H2,1-2H3,(H,23,24)(H2,19,20,22). The minimum atomic E-state index is -0.852. The second-order valence-electron chi connectivity index (χ2n) is 5.45. The van der Waals surface area contributed by atoms with E-state index in [-0.39, 0.29) is 0 Å². The number of aromatic nitrogens is 1. The number of hydrogen-bond donors (Lipinski definition) is 4. The molecule has 8 nitrogen and oxygen atoms in total. The highest BCUT2D eigenvalue weighted by Gasteiger charge is 2.17. The molecule has 0 saturated carbocycles. The second-order valence-corrected chi connectivity index (χ2v) is 5.45. The number of guanidine groups is 1. The van der Waals surface area contributed by atoms with Crippen molar-refractivity contribution in [2.75, 3.05) is 20.2 Å². The molecule has 4 N–H and O–H groups in total. The molecule has 1 heterocycles. The molecular formula is C17H21N5O3. The van der Waals surface area contributed by atoms with Gasteiger partial charge in [-0.2, -0.15) is 5.26 Å². The molecule has 1 aromatic carbocycles. The molecule has 8 heteroatoms. The number of fused-ring (bicyclic) bond motifs is 1. The van der Waals surface area contributed by atoms with Gasteiger partial charge in [-0.15, -0.1) is 0 Å². The van der Waals surface area contributed by atoms with Crippen molar-refractivity contribution in [2.24, 2.45) is 4.99 Å². The zero-order chi connectivity index (χ0) is 18.2. The van der Waals surface area contributed by atoms with E-state index < -0.39 is 11.9 Å². The highest BCUT2D eigenvalue weighted by atomic mass is 16.5. The van der Waals surface area contributed by atoms with Gasteiger partial charge in [-0.25, -0.2) is 0 Å². The molecule has 0 radical (unpaired) electrons. The number of nitrogens with one attached hydrogen (secondary N) is 3. The molecule has 25 heavy (non-hydrogen) atoms. The molecule has 2 rings (SSSR count). The number of benzene rings is 1. The summed E-state index contributed by atoms with van der Waals surface area (Å²) < 4.78 is 5.71. The number of hydrogen-bond acceptors (Lipinski definition) is 4. The minimum absolute atomic E-state index is 0.426. The van der Waals surface area contributed by atoms with Gasteiger partial charge in [-0.05, 0) is 31.0 Å². The lowest BCUT2D eigenvalue weighted by atomic mass is 10.0. The van der Waals surface area contributed by atoms with Crippen LogP contribution in [0.25, 0.3) is 10.9 Å². The van der Waals surface area contributed by atoms with E-state index >= 15 is 0 Å². The van der Waals surface area contributed by atoms with E-state index in [1.165, 1.54) is 0 Å². The Labute approximate surface area is 145 Å². The third kappa shape index (κ3) is 4.64. The first-order valence-corrected chi connectivity index (χ1v) is 7.89. The van der Waals surface area contributed by atoms with Crippen molar-refractivity contribution in [1.29, 1.82) is 5.26 Å². The maximum Gasteiger partial charge on any atom is 0.310 e. The van der Waals surface area contributed by atoms with E-state index in [0.29, 0.717) is 24.9 Å². The third-order valence-corrected chi connectivity index (χ3v) is 3.80. The summed E-state index contributed by atoms with van der Waals surface area (Å²) in [5, 5.41) is 24.0. The fraction of sp³-hybridized carbons (Fsp3) is 0.353. The Hall–Kier alpha value is -3.21. The number of carboxylic acid groups (broad SMARTS) is 1. The molecule has 0 aliphatic heterocycles. The van der Waals surface area contributed by atoms with Crippen molar-refractivity contribution < 1.29 is 14.6 Å². The van der Waals surface area contributed by atoms with Gasteiger partial charge in [0.05, 0.1) is 12.5 Å². The maximum atomic E-state index is 11.1. The molecule has 0 fully saturated rings. The van der Waals surface area contributed by atoms with Gasteiger partial charge in [0.15, 0.2) is 6.19 Å². The van der Waals surface area contributed by atoms with Crippen molar-refractivity contribution in [1.82, 2.24) is 15.6 Å². The van der Waals surface area contributed by atoms with E-state index in [9.17, 15) is 4.79 Å². The lowest BCUT2D eigenvalue weighted by molar-refractivity contribution is -0.138. The van der Waals surface area contributed by atoms with Crippen LogP contribution in [-0.2, 0) is 4.79 Å². The minimum Gasteiger partial charge on any atom is -0.493 e. The second kappa shape index (κ2) is 8.59. The van der Waals surface area contributed by atoms with Gasteiger partial charge in [0.25, 0.3) is 0 Å². The van der Waals surface area contributed by atoms with Gasteiger partial charge in [-0.3, -0.25) is 15.1 Å². The zero-order valence-corrected chi connectivity index (χ0v) is 14.2. The van der Waals surface area contributed by atoms with Crippen molar-refractivity contribution in [3.05, 3.63) is 30.0 Å². The molecule has 132 valence electrons. The number of aliphatic carboxylic acids is 1. The Balaban J connectivity index is 1.89. The molecular weight excluding hydrogens is 322 g/mol. The van der Waals surface area contributed by atoms with Crippen LogP contribution in [0.2, 0.25) is 0 Å². The molecule has 0 saturated heterocycles. The summed E-state index contributed by atoms with van der Waals surface area (Å²) in [5.41, 5.74) is 1.60. The van der Waals surface area contributed by atoms with Gasteiger partial charge in [0.1, 0.15) is 5.75 Å². The van der Waals surface area contributed by atoms with Gasteiger partial charge >= 0.3 is 5.97 Å². The van der Waals surface area contributed by atoms with Gasteiger partial charge in [0, 0.05) is 36.8 Å². The summed E-state index contributed by atoms with van der Waals surface area (Å²) in [6.45, 7) is 2.78. The molecule has 0 aliphatic carbocycles. The maximum absolute atomic E-state index is 11.1. The average molecular weight is 343 g/mol. The molecule has 1 aromatic heterocycles. The Morgan fingerprint density at radius 1 is 1.52 bits per heavy atom. The van der Waals surface area contributed by atoms with Crippen LogP contribution in [0.1, 0.15) is 24.8 Å². The summed E-state index contributed by atoms with van der Waals surface area (Å²) in [6, 6.07) is 5.56. The monoisotopic (exact) mass is 343 g/mol. The number of aliphatic imine (C=N–C) groups is 1. The summed E-state index contributed by atoms with van der Waals surface area (Å²) >= 11 is 0. The highest BCUT2D eigenvalue weighted by molar-refractivity contribution is 5.89. The Morgan fingerprint density at radius 3 is 3.00 bits per heavy atom. The highest BCUT2D eigenvalue weighted by Crippen LogP contribution is 2.28. The molecule has 2 aromatic rings. The Kier molecular flexibility index (Phi) is 6.23. The van der Waals surface area contributed by atoms with Gasteiger partial charge in [0.2, 0.25) is 5.96 Å². The summed E-state index contributed by atoms with van der Waals surface area (Å²) in [6.07, 6.45) is 4.26. The lowest BCUT2D eigenvalue weighted by Gasteiger charge is -2.09. The van der Waals surface area contributed by atoms with Crippen LogP contribution in [0.5, 0.6) is 5.75 Å². The number of aromatic amines is 1. The first kappa shape index (κ1) is 18.1. The van der Waals surface area contributed by atoms with Crippen LogP contribution in [0.4, 0.5) is 0 Å². The number of nitriles is 1. The van der Waals surface area contributed by atoms with Crippen LogP contribution in [-0.4, -0.2) is 42.2 Å². The molecule has 0 spiro atoms. The molecule has 1 unspecified atom stereocenters. The SMILES string of the molecule is CN=C(NC#N)NCCCOc1ccc2c(C(C)C(=O)O)c[nH]c2c1. The van der Waals surface area contributed by atoms with Crippen LogP contribution in [0.15, 0.2) is 29.4 Å².